The van der Waals surface area contributed by atoms with E-state index in [1.807, 2.05) is 29.3 Å². The maximum atomic E-state index is 13.3. The van der Waals surface area contributed by atoms with Gasteiger partial charge in [-0.2, -0.15) is 0 Å². The van der Waals surface area contributed by atoms with Crippen molar-refractivity contribution in [2.24, 2.45) is 5.41 Å². The first-order chi connectivity index (χ1) is 13.1. The van der Waals surface area contributed by atoms with Gasteiger partial charge in [0.25, 0.3) is 5.91 Å². The van der Waals surface area contributed by atoms with E-state index in [0.717, 1.165) is 36.9 Å². The molecule has 3 N–H and O–H groups in total. The lowest BCUT2D eigenvalue weighted by Crippen LogP contribution is -2.40. The van der Waals surface area contributed by atoms with Gasteiger partial charge in [0.1, 0.15) is 17.7 Å². The zero-order valence-corrected chi connectivity index (χ0v) is 15.1. The van der Waals surface area contributed by atoms with E-state index in [9.17, 15) is 14.3 Å². The molecule has 0 bridgehead atoms. The molecule has 1 atom stereocenters. The van der Waals surface area contributed by atoms with Crippen LogP contribution in [-0.2, 0) is 4.79 Å². The number of hydrogen-bond acceptors (Lipinski definition) is 4. The average molecular weight is 369 g/mol. The monoisotopic (exact) mass is 369 g/mol. The van der Waals surface area contributed by atoms with E-state index in [2.05, 4.69) is 10.6 Å². The molecule has 0 radical (unpaired) electrons. The molecule has 2 aliphatic heterocycles. The van der Waals surface area contributed by atoms with E-state index in [4.69, 9.17) is 0 Å². The fourth-order valence-electron chi connectivity index (χ4n) is 4.12. The molecule has 1 aromatic carbocycles. The highest BCUT2D eigenvalue weighted by Gasteiger charge is 2.37. The van der Waals surface area contributed by atoms with Crippen LogP contribution in [0.4, 0.5) is 4.39 Å². The van der Waals surface area contributed by atoms with Crippen LogP contribution in [0.3, 0.4) is 0 Å². The molecule has 0 saturated heterocycles. The molecule has 5 nitrogen and oxygen atoms in total. The van der Waals surface area contributed by atoms with E-state index in [-0.39, 0.29) is 29.9 Å². The molecule has 0 aromatic heterocycles. The second-order valence-electron chi connectivity index (χ2n) is 7.51. The molecule has 1 unspecified atom stereocenters. The predicted molar refractivity (Wildman–Crippen MR) is 100 cm³/mol. The van der Waals surface area contributed by atoms with Crippen molar-refractivity contribution in [1.82, 2.24) is 15.5 Å². The van der Waals surface area contributed by atoms with E-state index in [1.54, 1.807) is 12.1 Å². The lowest BCUT2D eigenvalue weighted by molar-refractivity contribution is -0.118. The molecule has 1 aromatic rings. The Morgan fingerprint density at radius 3 is 2.70 bits per heavy atom. The van der Waals surface area contributed by atoms with Gasteiger partial charge in [0, 0.05) is 18.2 Å². The van der Waals surface area contributed by atoms with Crippen LogP contribution < -0.4 is 10.6 Å². The summed E-state index contributed by atoms with van der Waals surface area (Å²) in [4.78, 5) is 14.9. The van der Waals surface area contributed by atoms with Gasteiger partial charge in [0.15, 0.2) is 0 Å². The Labute approximate surface area is 158 Å². The highest BCUT2D eigenvalue weighted by molar-refractivity contribution is 5.94. The van der Waals surface area contributed by atoms with Gasteiger partial charge in [-0.3, -0.25) is 4.79 Å². The number of fused-ring (bicyclic) bond motifs is 1. The summed E-state index contributed by atoms with van der Waals surface area (Å²) in [6.07, 6.45) is 11.4. The molecular formula is C21H24FN3O2. The zero-order chi connectivity index (χ0) is 18.9. The van der Waals surface area contributed by atoms with Crippen molar-refractivity contribution in [3.8, 4) is 0 Å². The Morgan fingerprint density at radius 1 is 1.26 bits per heavy atom. The summed E-state index contributed by atoms with van der Waals surface area (Å²) < 4.78 is 13.3. The molecule has 27 heavy (non-hydrogen) atoms. The topological polar surface area (TPSA) is 64.6 Å². The first kappa shape index (κ1) is 17.8. The van der Waals surface area contributed by atoms with E-state index in [1.165, 1.54) is 12.1 Å². The fraction of sp³-hybridized carbons (Fsp3) is 0.381. The highest BCUT2D eigenvalue weighted by Crippen LogP contribution is 2.37. The summed E-state index contributed by atoms with van der Waals surface area (Å²) in [7, 11) is 0. The van der Waals surface area contributed by atoms with Crippen LogP contribution >= 0.6 is 0 Å². The summed E-state index contributed by atoms with van der Waals surface area (Å²) in [5.74, 6) is -0.470. The van der Waals surface area contributed by atoms with E-state index in [0.29, 0.717) is 12.2 Å². The quantitative estimate of drug-likeness (QED) is 0.747. The number of carbonyl (C=O) groups excluding carboxylic acids is 1. The van der Waals surface area contributed by atoms with Gasteiger partial charge in [0.05, 0.1) is 12.3 Å². The third kappa shape index (κ3) is 3.37. The van der Waals surface area contributed by atoms with Crippen LogP contribution in [-0.4, -0.2) is 29.1 Å². The van der Waals surface area contributed by atoms with Crippen LogP contribution in [0.1, 0.15) is 37.4 Å². The number of rotatable bonds is 5. The van der Waals surface area contributed by atoms with Crippen LogP contribution in [0.25, 0.3) is 0 Å². The Kier molecular flexibility index (Phi) is 4.74. The number of aliphatic hydroxyl groups is 1. The first-order valence-corrected chi connectivity index (χ1v) is 9.40. The smallest absolute Gasteiger partial charge is 0.269 e. The van der Waals surface area contributed by atoms with Crippen molar-refractivity contribution in [2.75, 3.05) is 13.2 Å². The normalized spacial score (nSPS) is 22.7. The van der Waals surface area contributed by atoms with Crippen molar-refractivity contribution in [3.05, 3.63) is 71.5 Å². The fourth-order valence-corrected chi connectivity index (χ4v) is 4.12. The van der Waals surface area contributed by atoms with Crippen molar-refractivity contribution < 1.29 is 14.3 Å². The maximum absolute atomic E-state index is 13.3. The molecular weight excluding hydrogens is 345 g/mol. The number of carbonyl (C=O) groups is 1. The van der Waals surface area contributed by atoms with Gasteiger partial charge < -0.3 is 20.6 Å². The minimum Gasteiger partial charge on any atom is -0.396 e. The van der Waals surface area contributed by atoms with Gasteiger partial charge in [-0.05, 0) is 42.7 Å². The minimum atomic E-state index is -0.289. The third-order valence-electron chi connectivity index (χ3n) is 5.74. The summed E-state index contributed by atoms with van der Waals surface area (Å²) in [5.41, 5.74) is 1.96. The molecule has 6 heteroatoms. The SMILES string of the molecule is O=C(NCC1(CO)CCCC1)C1=C2C=CC=CN2C(c2ccc(F)cc2)N1. The van der Waals surface area contributed by atoms with Gasteiger partial charge in [-0.25, -0.2) is 4.39 Å². The highest BCUT2D eigenvalue weighted by atomic mass is 19.1. The molecule has 1 amide bonds. The summed E-state index contributed by atoms with van der Waals surface area (Å²) in [5, 5.41) is 16.0. The largest absolute Gasteiger partial charge is 0.396 e. The maximum Gasteiger partial charge on any atom is 0.269 e. The molecule has 1 saturated carbocycles. The number of hydrogen-bond donors (Lipinski definition) is 3. The molecule has 1 fully saturated rings. The van der Waals surface area contributed by atoms with Crippen molar-refractivity contribution in [3.63, 3.8) is 0 Å². The average Bonchev–Trinajstić information content (AvgIpc) is 3.32. The number of amides is 1. The molecule has 1 aliphatic carbocycles. The lowest BCUT2D eigenvalue weighted by Gasteiger charge is -2.26. The number of benzene rings is 1. The lowest BCUT2D eigenvalue weighted by atomic mass is 9.87. The van der Waals surface area contributed by atoms with Crippen LogP contribution in [0, 0.1) is 11.2 Å². The van der Waals surface area contributed by atoms with Gasteiger partial charge in [0.2, 0.25) is 0 Å². The van der Waals surface area contributed by atoms with E-state index >= 15 is 0 Å². The molecule has 2 heterocycles. The Hall–Kier alpha value is -2.60. The van der Waals surface area contributed by atoms with Crippen LogP contribution in [0.2, 0.25) is 0 Å². The number of allylic oxidation sites excluding steroid dienone is 3. The number of nitrogens with zero attached hydrogens (tertiary/aromatic N) is 1. The van der Waals surface area contributed by atoms with Crippen molar-refractivity contribution in [1.29, 1.82) is 0 Å². The molecule has 4 rings (SSSR count). The predicted octanol–water partition coefficient (Wildman–Crippen LogP) is 2.69. The number of nitrogens with one attached hydrogen (secondary N) is 2. The minimum absolute atomic E-state index is 0.0968. The van der Waals surface area contributed by atoms with Crippen molar-refractivity contribution in [2.45, 2.75) is 31.8 Å². The first-order valence-electron chi connectivity index (χ1n) is 9.40. The Bertz CT molecular complexity index is 807. The van der Waals surface area contributed by atoms with E-state index < -0.39 is 0 Å². The molecule has 3 aliphatic rings. The number of halogens is 1. The molecule has 0 spiro atoms. The Morgan fingerprint density at radius 2 is 2.00 bits per heavy atom. The van der Waals surface area contributed by atoms with Gasteiger partial charge in [-0.1, -0.05) is 31.1 Å². The van der Waals surface area contributed by atoms with Crippen molar-refractivity contribution >= 4 is 5.91 Å². The number of aliphatic hydroxyl groups excluding tert-OH is 1. The second kappa shape index (κ2) is 7.19. The standard InChI is InChI=1S/C21H24FN3O2/c22-16-8-6-15(7-9-16)19-24-18(17-5-1-4-12-25(17)19)20(27)23-13-21(14-26)10-2-3-11-21/h1,4-9,12,19,24,26H,2-3,10-11,13-14H2,(H,23,27). The zero-order valence-electron chi connectivity index (χ0n) is 15.1. The van der Waals surface area contributed by atoms with Gasteiger partial charge in [-0.15, -0.1) is 0 Å². The third-order valence-corrected chi connectivity index (χ3v) is 5.74. The summed E-state index contributed by atoms with van der Waals surface area (Å²) >= 11 is 0. The summed E-state index contributed by atoms with van der Waals surface area (Å²) in [6.45, 7) is 0.571. The Balaban J connectivity index is 1.52. The molecule has 142 valence electrons. The van der Waals surface area contributed by atoms with Gasteiger partial charge >= 0.3 is 0 Å². The van der Waals surface area contributed by atoms with Crippen LogP contribution in [0.15, 0.2) is 60.1 Å². The second-order valence-corrected chi connectivity index (χ2v) is 7.51. The summed E-state index contributed by atoms with van der Waals surface area (Å²) in [6, 6.07) is 6.28. The van der Waals surface area contributed by atoms with Crippen LogP contribution in [0.5, 0.6) is 0 Å².